The standard InChI is InChI=1S/C19H24N2O4S/c1-14-6-5-7-19(15(14)2)21(16(3)22)13-12-20-26(23,24)18-10-8-17(25-4)9-11-18/h5-11,20H,12-13H2,1-4H3. The molecule has 2 rings (SSSR count). The van der Waals surface area contributed by atoms with Crippen molar-refractivity contribution in [1.82, 2.24) is 4.72 Å². The van der Waals surface area contributed by atoms with Crippen LogP contribution in [0.5, 0.6) is 5.75 Å². The Morgan fingerprint density at radius 1 is 1.12 bits per heavy atom. The van der Waals surface area contributed by atoms with Crippen LogP contribution in [0.1, 0.15) is 18.1 Å². The molecule has 1 amide bonds. The van der Waals surface area contributed by atoms with E-state index >= 15 is 0 Å². The molecule has 7 heteroatoms. The van der Waals surface area contributed by atoms with Gasteiger partial charge in [0.15, 0.2) is 0 Å². The number of hydrogen-bond acceptors (Lipinski definition) is 4. The fraction of sp³-hybridized carbons (Fsp3) is 0.316. The van der Waals surface area contributed by atoms with Gasteiger partial charge in [-0.1, -0.05) is 12.1 Å². The summed E-state index contributed by atoms with van der Waals surface area (Å²) in [6.45, 7) is 5.75. The number of aryl methyl sites for hydroxylation is 1. The maximum atomic E-state index is 12.4. The number of hydrogen-bond donors (Lipinski definition) is 1. The highest BCUT2D eigenvalue weighted by atomic mass is 32.2. The van der Waals surface area contributed by atoms with Crippen LogP contribution < -0.4 is 14.4 Å². The lowest BCUT2D eigenvalue weighted by Gasteiger charge is -2.24. The Balaban J connectivity index is 2.09. The third-order valence-corrected chi connectivity index (χ3v) is 5.72. The molecule has 0 aliphatic rings. The van der Waals surface area contributed by atoms with E-state index in [2.05, 4.69) is 4.72 Å². The van der Waals surface area contributed by atoms with Crippen LogP contribution in [0.2, 0.25) is 0 Å². The minimum absolute atomic E-state index is 0.112. The normalized spacial score (nSPS) is 11.2. The van der Waals surface area contributed by atoms with Gasteiger partial charge in [-0.2, -0.15) is 0 Å². The highest BCUT2D eigenvalue weighted by Gasteiger charge is 2.17. The van der Waals surface area contributed by atoms with E-state index in [0.717, 1.165) is 16.8 Å². The third-order valence-electron chi connectivity index (χ3n) is 4.24. The highest BCUT2D eigenvalue weighted by Crippen LogP contribution is 2.22. The van der Waals surface area contributed by atoms with Crippen molar-refractivity contribution in [1.29, 1.82) is 0 Å². The summed E-state index contributed by atoms with van der Waals surface area (Å²) in [4.78, 5) is 13.8. The van der Waals surface area contributed by atoms with Crippen molar-refractivity contribution in [2.75, 3.05) is 25.1 Å². The van der Waals surface area contributed by atoms with E-state index in [4.69, 9.17) is 4.74 Å². The van der Waals surface area contributed by atoms with Crippen LogP contribution in [0.25, 0.3) is 0 Å². The molecule has 0 spiro atoms. The molecule has 2 aromatic carbocycles. The van der Waals surface area contributed by atoms with Gasteiger partial charge in [-0.05, 0) is 55.3 Å². The third kappa shape index (κ3) is 4.62. The van der Waals surface area contributed by atoms with Crippen molar-refractivity contribution in [2.24, 2.45) is 0 Å². The molecule has 0 atom stereocenters. The average molecular weight is 376 g/mol. The summed E-state index contributed by atoms with van der Waals surface area (Å²) in [5.74, 6) is 0.448. The lowest BCUT2D eigenvalue weighted by molar-refractivity contribution is -0.116. The minimum atomic E-state index is -3.65. The fourth-order valence-corrected chi connectivity index (χ4v) is 3.63. The Kier molecular flexibility index (Phi) is 6.39. The van der Waals surface area contributed by atoms with Crippen LogP contribution in [0.15, 0.2) is 47.4 Å². The van der Waals surface area contributed by atoms with Gasteiger partial charge in [-0.15, -0.1) is 0 Å². The van der Waals surface area contributed by atoms with E-state index in [1.54, 1.807) is 17.0 Å². The lowest BCUT2D eigenvalue weighted by atomic mass is 10.1. The first-order chi connectivity index (χ1) is 12.3. The molecule has 2 aromatic rings. The quantitative estimate of drug-likeness (QED) is 0.806. The Bertz CT molecular complexity index is 877. The van der Waals surface area contributed by atoms with Gasteiger partial charge >= 0.3 is 0 Å². The zero-order chi connectivity index (χ0) is 19.3. The van der Waals surface area contributed by atoms with Crippen LogP contribution in [-0.2, 0) is 14.8 Å². The van der Waals surface area contributed by atoms with Crippen molar-refractivity contribution >= 4 is 21.6 Å². The molecule has 0 heterocycles. The maximum absolute atomic E-state index is 12.4. The summed E-state index contributed by atoms with van der Waals surface area (Å²) < 4.78 is 32.3. The molecule has 0 saturated heterocycles. The zero-order valence-corrected chi connectivity index (χ0v) is 16.3. The van der Waals surface area contributed by atoms with Crippen LogP contribution in [-0.4, -0.2) is 34.5 Å². The van der Waals surface area contributed by atoms with Gasteiger partial charge in [0.25, 0.3) is 0 Å². The monoisotopic (exact) mass is 376 g/mol. The molecule has 0 unspecified atom stereocenters. The number of anilines is 1. The molecule has 140 valence electrons. The van der Waals surface area contributed by atoms with Gasteiger partial charge in [-0.25, -0.2) is 13.1 Å². The molecule has 0 bridgehead atoms. The van der Waals surface area contributed by atoms with Crippen LogP contribution in [0.3, 0.4) is 0 Å². The first kappa shape index (κ1) is 19.9. The van der Waals surface area contributed by atoms with Gasteiger partial charge in [0.05, 0.1) is 12.0 Å². The summed E-state index contributed by atoms with van der Waals surface area (Å²) in [5, 5.41) is 0. The minimum Gasteiger partial charge on any atom is -0.497 e. The number of nitrogens with one attached hydrogen (secondary N) is 1. The second kappa shape index (κ2) is 8.33. The molecule has 6 nitrogen and oxygen atoms in total. The van der Waals surface area contributed by atoms with E-state index < -0.39 is 10.0 Å². The molecule has 0 saturated carbocycles. The van der Waals surface area contributed by atoms with Crippen molar-refractivity contribution in [3.8, 4) is 5.75 Å². The molecular formula is C19H24N2O4S. The first-order valence-electron chi connectivity index (χ1n) is 8.24. The number of nitrogens with zero attached hydrogens (tertiary/aromatic N) is 1. The van der Waals surface area contributed by atoms with Crippen molar-refractivity contribution in [3.63, 3.8) is 0 Å². The smallest absolute Gasteiger partial charge is 0.240 e. The summed E-state index contributed by atoms with van der Waals surface area (Å²) >= 11 is 0. The fourth-order valence-electron chi connectivity index (χ4n) is 2.61. The maximum Gasteiger partial charge on any atom is 0.240 e. The summed E-state index contributed by atoms with van der Waals surface area (Å²) in [6.07, 6.45) is 0. The molecule has 0 aliphatic heterocycles. The predicted molar refractivity (Wildman–Crippen MR) is 102 cm³/mol. The molecule has 1 N–H and O–H groups in total. The first-order valence-corrected chi connectivity index (χ1v) is 9.72. The van der Waals surface area contributed by atoms with Crippen LogP contribution in [0, 0.1) is 13.8 Å². The van der Waals surface area contributed by atoms with Crippen LogP contribution >= 0.6 is 0 Å². The summed E-state index contributed by atoms with van der Waals surface area (Å²) in [6, 6.07) is 11.9. The second-order valence-corrected chi connectivity index (χ2v) is 7.73. The van der Waals surface area contributed by atoms with Gasteiger partial charge in [0, 0.05) is 25.7 Å². The van der Waals surface area contributed by atoms with Gasteiger partial charge < -0.3 is 9.64 Å². The van der Waals surface area contributed by atoms with Crippen molar-refractivity contribution in [2.45, 2.75) is 25.7 Å². The van der Waals surface area contributed by atoms with E-state index in [1.807, 2.05) is 32.0 Å². The molecule has 0 aromatic heterocycles. The van der Waals surface area contributed by atoms with Crippen molar-refractivity contribution in [3.05, 3.63) is 53.6 Å². The van der Waals surface area contributed by atoms with Gasteiger partial charge in [0.1, 0.15) is 5.75 Å². The van der Waals surface area contributed by atoms with Crippen molar-refractivity contribution < 1.29 is 17.9 Å². The molecule has 26 heavy (non-hydrogen) atoms. The number of methoxy groups -OCH3 is 1. The lowest BCUT2D eigenvalue weighted by Crippen LogP contribution is -2.38. The number of benzene rings is 2. The number of amides is 1. The Morgan fingerprint density at radius 3 is 2.35 bits per heavy atom. The Morgan fingerprint density at radius 2 is 1.77 bits per heavy atom. The Hall–Kier alpha value is -2.38. The van der Waals surface area contributed by atoms with E-state index in [9.17, 15) is 13.2 Å². The number of ether oxygens (including phenoxy) is 1. The number of carbonyl (C=O) groups is 1. The number of rotatable bonds is 7. The van der Waals surface area contributed by atoms with E-state index in [-0.39, 0.29) is 23.9 Å². The second-order valence-electron chi connectivity index (χ2n) is 5.96. The summed E-state index contributed by atoms with van der Waals surface area (Å²) in [7, 11) is -2.13. The molecule has 0 radical (unpaired) electrons. The summed E-state index contributed by atoms with van der Waals surface area (Å²) in [5.41, 5.74) is 2.87. The van der Waals surface area contributed by atoms with Crippen LogP contribution in [0.4, 0.5) is 5.69 Å². The number of carbonyl (C=O) groups excluding carboxylic acids is 1. The van der Waals surface area contributed by atoms with Gasteiger partial charge in [0.2, 0.25) is 15.9 Å². The highest BCUT2D eigenvalue weighted by molar-refractivity contribution is 7.89. The average Bonchev–Trinajstić information content (AvgIpc) is 2.61. The largest absolute Gasteiger partial charge is 0.497 e. The molecule has 0 fully saturated rings. The zero-order valence-electron chi connectivity index (χ0n) is 15.4. The molecule has 0 aliphatic carbocycles. The Labute approximate surface area is 154 Å². The number of sulfonamides is 1. The molecular weight excluding hydrogens is 352 g/mol. The predicted octanol–water partition coefficient (Wildman–Crippen LogP) is 2.64. The van der Waals surface area contributed by atoms with Gasteiger partial charge in [-0.3, -0.25) is 4.79 Å². The van der Waals surface area contributed by atoms with E-state index in [0.29, 0.717) is 5.75 Å². The topological polar surface area (TPSA) is 75.7 Å². The van der Waals surface area contributed by atoms with E-state index in [1.165, 1.54) is 26.2 Å². The SMILES string of the molecule is COc1ccc(S(=O)(=O)NCCN(C(C)=O)c2cccc(C)c2C)cc1.